The maximum absolute atomic E-state index is 12.7. The molecule has 0 amide bonds. The summed E-state index contributed by atoms with van der Waals surface area (Å²) in [5, 5.41) is 23.4. The Kier molecular flexibility index (Phi) is 9.32. The van der Waals surface area contributed by atoms with Crippen molar-refractivity contribution in [1.29, 1.82) is 0 Å². The predicted molar refractivity (Wildman–Crippen MR) is 119 cm³/mol. The van der Waals surface area contributed by atoms with Gasteiger partial charge in [-0.3, -0.25) is 0 Å². The van der Waals surface area contributed by atoms with Gasteiger partial charge in [-0.05, 0) is 25.0 Å². The monoisotopic (exact) mass is 420 g/mol. The number of phenols is 2. The van der Waals surface area contributed by atoms with Crippen LogP contribution in [0.15, 0.2) is 34.6 Å². The van der Waals surface area contributed by atoms with Crippen LogP contribution in [0.3, 0.4) is 0 Å². The summed E-state index contributed by atoms with van der Waals surface area (Å²) in [6.07, 6.45) is 11.3. The van der Waals surface area contributed by atoms with Crippen molar-refractivity contribution in [3.63, 3.8) is 0 Å². The first-order chi connectivity index (χ1) is 14.0. The zero-order valence-corrected chi connectivity index (χ0v) is 18.4. The van der Waals surface area contributed by atoms with Crippen molar-refractivity contribution in [2.45, 2.75) is 63.2 Å². The number of hydrogen-bond acceptors (Lipinski definition) is 5. The maximum Gasteiger partial charge on any atom is 0.144 e. The van der Waals surface area contributed by atoms with E-state index < -0.39 is 10.8 Å². The number of hydrogen-bond donors (Lipinski definition) is 2. The highest BCUT2D eigenvalue weighted by atomic mass is 32.2. The number of phenolic OH excluding ortho intramolecular Hbond substituents is 2. The van der Waals surface area contributed by atoms with Crippen LogP contribution in [0.1, 0.15) is 58.3 Å². The van der Waals surface area contributed by atoms with Gasteiger partial charge in [0, 0.05) is 11.5 Å². The van der Waals surface area contributed by atoms with Crippen LogP contribution in [0.4, 0.5) is 0 Å². The molecule has 2 aromatic rings. The highest BCUT2D eigenvalue weighted by Crippen LogP contribution is 2.46. The van der Waals surface area contributed by atoms with Crippen LogP contribution in [-0.2, 0) is 10.8 Å². The fourth-order valence-electron chi connectivity index (χ4n) is 3.38. The van der Waals surface area contributed by atoms with E-state index in [9.17, 15) is 14.4 Å². The molecule has 0 saturated heterocycles. The molecule has 29 heavy (non-hydrogen) atoms. The summed E-state index contributed by atoms with van der Waals surface area (Å²) >= 11 is 0. The Morgan fingerprint density at radius 3 is 2.14 bits per heavy atom. The van der Waals surface area contributed by atoms with E-state index in [1.807, 2.05) is 6.08 Å². The molecule has 1 atom stereocenters. The first kappa shape index (κ1) is 23.1. The highest BCUT2D eigenvalue weighted by Gasteiger charge is 2.21. The Hall–Kier alpha value is -2.21. The van der Waals surface area contributed by atoms with Crippen LogP contribution in [0.5, 0.6) is 23.0 Å². The Balaban J connectivity index is 2.11. The lowest BCUT2D eigenvalue weighted by Crippen LogP contribution is -1.94. The van der Waals surface area contributed by atoms with Crippen molar-refractivity contribution >= 4 is 21.6 Å². The molecule has 0 bridgehead atoms. The number of fused-ring (bicyclic) bond motifs is 1. The van der Waals surface area contributed by atoms with Crippen molar-refractivity contribution in [2.24, 2.45) is 0 Å². The molecular formula is C23H32O5S. The van der Waals surface area contributed by atoms with Gasteiger partial charge in [-0.2, -0.15) is 0 Å². The van der Waals surface area contributed by atoms with Crippen molar-refractivity contribution in [3.8, 4) is 23.0 Å². The molecule has 2 N–H and O–H groups in total. The third-order valence-electron chi connectivity index (χ3n) is 4.97. The predicted octanol–water partition coefficient (Wildman–Crippen LogP) is 6.03. The number of benzene rings is 2. The van der Waals surface area contributed by atoms with Gasteiger partial charge in [0.1, 0.15) is 23.0 Å². The standard InChI is InChI=1S/C23H32O5S/c1-4-5-6-7-8-9-10-11-12-15-29(26)20-16-17(24)21-18(27-2)13-14-19(28-3)22(21)23(20)25/h12-16,24-25H,4-11H2,1-3H3/b15-12+. The smallest absolute Gasteiger partial charge is 0.144 e. The first-order valence-electron chi connectivity index (χ1n) is 10.2. The van der Waals surface area contributed by atoms with E-state index in [0.717, 1.165) is 12.8 Å². The fourth-order valence-corrected chi connectivity index (χ4v) is 4.36. The van der Waals surface area contributed by atoms with Crippen LogP contribution in [0.25, 0.3) is 10.8 Å². The first-order valence-corrected chi connectivity index (χ1v) is 11.4. The van der Waals surface area contributed by atoms with E-state index in [1.165, 1.54) is 58.8 Å². The Bertz CT molecular complexity index is 860. The lowest BCUT2D eigenvalue weighted by molar-refractivity contribution is 0.403. The van der Waals surface area contributed by atoms with E-state index in [0.29, 0.717) is 16.9 Å². The molecule has 2 rings (SSSR count). The number of aromatic hydroxyl groups is 2. The summed E-state index contributed by atoms with van der Waals surface area (Å²) in [7, 11) is 1.38. The lowest BCUT2D eigenvalue weighted by Gasteiger charge is -2.14. The van der Waals surface area contributed by atoms with Crippen LogP contribution < -0.4 is 9.47 Å². The lowest BCUT2D eigenvalue weighted by atomic mass is 10.1. The van der Waals surface area contributed by atoms with Crippen molar-refractivity contribution in [3.05, 3.63) is 29.7 Å². The normalized spacial score (nSPS) is 12.5. The van der Waals surface area contributed by atoms with E-state index >= 15 is 0 Å². The average Bonchev–Trinajstić information content (AvgIpc) is 2.73. The Morgan fingerprint density at radius 1 is 0.931 bits per heavy atom. The van der Waals surface area contributed by atoms with E-state index in [4.69, 9.17) is 9.47 Å². The van der Waals surface area contributed by atoms with Gasteiger partial charge in [-0.25, -0.2) is 4.21 Å². The molecule has 5 nitrogen and oxygen atoms in total. The van der Waals surface area contributed by atoms with Crippen molar-refractivity contribution in [1.82, 2.24) is 0 Å². The summed E-state index contributed by atoms with van der Waals surface area (Å²) in [6.45, 7) is 2.21. The van der Waals surface area contributed by atoms with Gasteiger partial charge >= 0.3 is 0 Å². The molecule has 1 unspecified atom stereocenters. The summed E-state index contributed by atoms with van der Waals surface area (Å²) in [5.74, 6) is 0.491. The highest BCUT2D eigenvalue weighted by molar-refractivity contribution is 7.88. The molecule has 0 fully saturated rings. The molecule has 0 aromatic heterocycles. The summed E-state index contributed by atoms with van der Waals surface area (Å²) in [4.78, 5) is 0.150. The Morgan fingerprint density at radius 2 is 1.52 bits per heavy atom. The zero-order chi connectivity index (χ0) is 21.2. The van der Waals surface area contributed by atoms with Gasteiger partial charge in [0.2, 0.25) is 0 Å². The molecule has 6 heteroatoms. The van der Waals surface area contributed by atoms with Gasteiger partial charge in [0.05, 0.1) is 40.7 Å². The van der Waals surface area contributed by atoms with Gasteiger partial charge in [0.25, 0.3) is 0 Å². The molecule has 0 aliphatic carbocycles. The average molecular weight is 421 g/mol. The second-order valence-electron chi connectivity index (χ2n) is 7.04. The van der Waals surface area contributed by atoms with Gasteiger partial charge in [-0.15, -0.1) is 0 Å². The minimum absolute atomic E-state index is 0.114. The van der Waals surface area contributed by atoms with E-state index in [2.05, 4.69) is 6.92 Å². The number of allylic oxidation sites excluding steroid dienone is 1. The molecular weight excluding hydrogens is 388 g/mol. The number of rotatable bonds is 12. The molecule has 0 aliphatic heterocycles. The molecule has 0 spiro atoms. The fraction of sp³-hybridized carbons (Fsp3) is 0.478. The van der Waals surface area contributed by atoms with E-state index in [1.54, 1.807) is 17.5 Å². The minimum atomic E-state index is -1.58. The number of unbranched alkanes of at least 4 members (excludes halogenated alkanes) is 7. The molecule has 2 aromatic carbocycles. The second-order valence-corrected chi connectivity index (χ2v) is 8.35. The largest absolute Gasteiger partial charge is 0.507 e. The van der Waals surface area contributed by atoms with Crippen LogP contribution >= 0.6 is 0 Å². The van der Waals surface area contributed by atoms with Crippen LogP contribution in [0, 0.1) is 0 Å². The third kappa shape index (κ3) is 5.89. The zero-order valence-electron chi connectivity index (χ0n) is 17.6. The molecule has 0 saturated carbocycles. The summed E-state index contributed by atoms with van der Waals surface area (Å²) in [6, 6.07) is 4.62. The van der Waals surface area contributed by atoms with Crippen molar-refractivity contribution in [2.75, 3.05) is 14.2 Å². The third-order valence-corrected chi connectivity index (χ3v) is 6.16. The second kappa shape index (κ2) is 11.7. The van der Waals surface area contributed by atoms with Gasteiger partial charge < -0.3 is 19.7 Å². The molecule has 0 heterocycles. The number of methoxy groups -OCH3 is 2. The maximum atomic E-state index is 12.7. The molecule has 160 valence electrons. The molecule has 0 radical (unpaired) electrons. The Labute approximate surface area is 175 Å². The van der Waals surface area contributed by atoms with Gasteiger partial charge in [0.15, 0.2) is 0 Å². The van der Waals surface area contributed by atoms with Crippen LogP contribution in [-0.4, -0.2) is 28.6 Å². The SMILES string of the molecule is CCCCCCCCC/C=C/S(=O)c1cc(O)c2c(OC)ccc(OC)c2c1O. The topological polar surface area (TPSA) is 76.0 Å². The van der Waals surface area contributed by atoms with E-state index in [-0.39, 0.29) is 21.8 Å². The van der Waals surface area contributed by atoms with Gasteiger partial charge in [-0.1, -0.05) is 51.5 Å². The summed E-state index contributed by atoms with van der Waals surface area (Å²) < 4.78 is 23.3. The molecule has 0 aliphatic rings. The summed E-state index contributed by atoms with van der Waals surface area (Å²) in [5.41, 5.74) is 0. The number of ether oxygens (including phenoxy) is 2. The quantitative estimate of drug-likeness (QED) is 0.324. The van der Waals surface area contributed by atoms with Crippen molar-refractivity contribution < 1.29 is 23.9 Å². The minimum Gasteiger partial charge on any atom is -0.507 e. The van der Waals surface area contributed by atoms with Crippen LogP contribution in [0.2, 0.25) is 0 Å².